The molecule has 0 fully saturated rings. The molecule has 1 unspecified atom stereocenters. The number of nitrogens with one attached hydrogen (secondary N) is 3. The topological polar surface area (TPSA) is 104 Å². The third kappa shape index (κ3) is 6.86. The van der Waals surface area contributed by atoms with Crippen molar-refractivity contribution >= 4 is 33.4 Å². The maximum absolute atomic E-state index is 12.0. The average molecular weight is 376 g/mol. The zero-order valence-corrected chi connectivity index (χ0v) is 15.2. The quantitative estimate of drug-likeness (QED) is 0.599. The molecule has 0 aromatic heterocycles. The minimum Gasteiger partial charge on any atom is -0.354 e. The first-order chi connectivity index (χ1) is 11.3. The minimum absolute atomic E-state index is 0.0303. The van der Waals surface area contributed by atoms with Gasteiger partial charge < -0.3 is 10.6 Å². The van der Waals surface area contributed by atoms with Crippen LogP contribution in [0.4, 0.5) is 0 Å². The molecule has 1 aromatic rings. The second-order valence-corrected chi connectivity index (χ2v) is 7.39. The summed E-state index contributed by atoms with van der Waals surface area (Å²) in [5, 5.41) is 5.49. The molecule has 0 saturated heterocycles. The Morgan fingerprint density at radius 2 is 1.96 bits per heavy atom. The van der Waals surface area contributed by atoms with E-state index >= 15 is 0 Å². The molecule has 134 valence electrons. The summed E-state index contributed by atoms with van der Waals surface area (Å²) in [5.74, 6) is -0.687. The molecule has 0 saturated carbocycles. The Morgan fingerprint density at radius 1 is 1.25 bits per heavy atom. The third-order valence-corrected chi connectivity index (χ3v) is 4.76. The van der Waals surface area contributed by atoms with Crippen molar-refractivity contribution in [3.8, 4) is 0 Å². The van der Waals surface area contributed by atoms with Crippen molar-refractivity contribution in [1.82, 2.24) is 15.4 Å². The summed E-state index contributed by atoms with van der Waals surface area (Å²) in [6.07, 6.45) is 0.725. The van der Waals surface area contributed by atoms with Gasteiger partial charge in [0.05, 0.1) is 4.90 Å². The van der Waals surface area contributed by atoms with E-state index in [-0.39, 0.29) is 23.8 Å². The molecule has 1 atom stereocenters. The standard InChI is InChI=1S/C15H22ClN3O4S/c1-3-8-17-15(21)11(2)19-14(20)7-9-18-24(22,23)13-6-4-5-12(16)10-13/h4-6,10-11,18H,3,7-9H2,1-2H3,(H,17,21)(H,19,20). The number of hydrogen-bond acceptors (Lipinski definition) is 4. The molecule has 0 spiro atoms. The zero-order chi connectivity index (χ0) is 18.2. The van der Waals surface area contributed by atoms with Gasteiger partial charge in [0.15, 0.2) is 0 Å². The lowest BCUT2D eigenvalue weighted by Crippen LogP contribution is -2.45. The predicted molar refractivity (Wildman–Crippen MR) is 92.2 cm³/mol. The van der Waals surface area contributed by atoms with Crippen molar-refractivity contribution in [3.63, 3.8) is 0 Å². The normalized spacial score (nSPS) is 12.5. The number of carbonyl (C=O) groups is 2. The van der Waals surface area contributed by atoms with E-state index < -0.39 is 22.0 Å². The van der Waals surface area contributed by atoms with Crippen molar-refractivity contribution in [2.24, 2.45) is 0 Å². The van der Waals surface area contributed by atoms with Crippen LogP contribution in [0.3, 0.4) is 0 Å². The number of amides is 2. The number of sulfonamides is 1. The lowest BCUT2D eigenvalue weighted by molar-refractivity contribution is -0.128. The van der Waals surface area contributed by atoms with Crippen LogP contribution in [-0.2, 0) is 19.6 Å². The smallest absolute Gasteiger partial charge is 0.242 e. The van der Waals surface area contributed by atoms with Crippen LogP contribution in [0.25, 0.3) is 0 Å². The lowest BCUT2D eigenvalue weighted by atomic mass is 10.3. The summed E-state index contributed by atoms with van der Waals surface area (Å²) in [4.78, 5) is 23.4. The second kappa shape index (κ2) is 9.61. The monoisotopic (exact) mass is 375 g/mol. The van der Waals surface area contributed by atoms with E-state index in [4.69, 9.17) is 11.6 Å². The van der Waals surface area contributed by atoms with E-state index in [0.717, 1.165) is 6.42 Å². The predicted octanol–water partition coefficient (Wildman–Crippen LogP) is 1.04. The first kappa shape index (κ1) is 20.4. The van der Waals surface area contributed by atoms with Crippen LogP contribution in [-0.4, -0.2) is 39.4 Å². The Morgan fingerprint density at radius 3 is 2.58 bits per heavy atom. The summed E-state index contributed by atoms with van der Waals surface area (Å²) < 4.78 is 26.4. The molecular weight excluding hydrogens is 354 g/mol. The molecule has 0 aliphatic heterocycles. The van der Waals surface area contributed by atoms with Crippen LogP contribution >= 0.6 is 11.6 Å². The average Bonchev–Trinajstić information content (AvgIpc) is 2.52. The van der Waals surface area contributed by atoms with Crippen molar-refractivity contribution in [2.75, 3.05) is 13.1 Å². The van der Waals surface area contributed by atoms with E-state index in [0.29, 0.717) is 11.6 Å². The minimum atomic E-state index is -3.73. The zero-order valence-electron chi connectivity index (χ0n) is 13.6. The molecule has 0 bridgehead atoms. The molecule has 9 heteroatoms. The summed E-state index contributed by atoms with van der Waals surface area (Å²) in [5.41, 5.74) is 0. The molecule has 2 amide bonds. The van der Waals surface area contributed by atoms with E-state index in [9.17, 15) is 18.0 Å². The Balaban J connectivity index is 2.43. The molecule has 24 heavy (non-hydrogen) atoms. The SMILES string of the molecule is CCCNC(=O)C(C)NC(=O)CCNS(=O)(=O)c1cccc(Cl)c1. The molecule has 1 rings (SSSR count). The van der Waals surface area contributed by atoms with Crippen LogP contribution in [0.15, 0.2) is 29.2 Å². The molecule has 3 N–H and O–H groups in total. The number of carbonyl (C=O) groups excluding carboxylic acids is 2. The van der Waals surface area contributed by atoms with E-state index in [2.05, 4.69) is 15.4 Å². The molecule has 0 heterocycles. The van der Waals surface area contributed by atoms with Gasteiger partial charge in [-0.3, -0.25) is 9.59 Å². The van der Waals surface area contributed by atoms with Crippen LogP contribution in [0.2, 0.25) is 5.02 Å². The van der Waals surface area contributed by atoms with E-state index in [1.165, 1.54) is 18.2 Å². The van der Waals surface area contributed by atoms with Crippen LogP contribution in [0, 0.1) is 0 Å². The largest absolute Gasteiger partial charge is 0.354 e. The van der Waals surface area contributed by atoms with Gasteiger partial charge >= 0.3 is 0 Å². The molecule has 1 aromatic carbocycles. The van der Waals surface area contributed by atoms with Crippen LogP contribution < -0.4 is 15.4 Å². The Hall–Kier alpha value is -1.64. The Labute approximate surface area is 147 Å². The Bertz CT molecular complexity index is 679. The maximum atomic E-state index is 12.0. The van der Waals surface area contributed by atoms with Gasteiger partial charge in [0.25, 0.3) is 0 Å². The van der Waals surface area contributed by atoms with Crippen molar-refractivity contribution in [3.05, 3.63) is 29.3 Å². The highest BCUT2D eigenvalue weighted by Gasteiger charge is 2.17. The van der Waals surface area contributed by atoms with Gasteiger partial charge in [-0.25, -0.2) is 13.1 Å². The maximum Gasteiger partial charge on any atom is 0.242 e. The summed E-state index contributed by atoms with van der Waals surface area (Å²) in [7, 11) is -3.73. The van der Waals surface area contributed by atoms with Gasteiger partial charge in [0, 0.05) is 24.5 Å². The molecule has 0 aliphatic carbocycles. The van der Waals surface area contributed by atoms with Gasteiger partial charge in [-0.15, -0.1) is 0 Å². The van der Waals surface area contributed by atoms with E-state index in [1.54, 1.807) is 13.0 Å². The lowest BCUT2D eigenvalue weighted by Gasteiger charge is -2.14. The molecular formula is C15H22ClN3O4S. The van der Waals surface area contributed by atoms with Gasteiger partial charge in [0.1, 0.15) is 6.04 Å². The van der Waals surface area contributed by atoms with Crippen molar-refractivity contribution < 1.29 is 18.0 Å². The fourth-order valence-electron chi connectivity index (χ4n) is 1.80. The summed E-state index contributed by atoms with van der Waals surface area (Å²) in [6, 6.07) is 5.16. The second-order valence-electron chi connectivity index (χ2n) is 5.19. The van der Waals surface area contributed by atoms with Gasteiger partial charge in [-0.05, 0) is 31.5 Å². The first-order valence-corrected chi connectivity index (χ1v) is 9.44. The van der Waals surface area contributed by atoms with E-state index in [1.807, 2.05) is 6.92 Å². The molecule has 7 nitrogen and oxygen atoms in total. The fourth-order valence-corrected chi connectivity index (χ4v) is 3.13. The highest BCUT2D eigenvalue weighted by atomic mass is 35.5. The fraction of sp³-hybridized carbons (Fsp3) is 0.467. The summed E-state index contributed by atoms with van der Waals surface area (Å²) >= 11 is 5.76. The van der Waals surface area contributed by atoms with Crippen molar-refractivity contribution in [2.45, 2.75) is 37.6 Å². The van der Waals surface area contributed by atoms with Gasteiger partial charge in [-0.1, -0.05) is 24.6 Å². The van der Waals surface area contributed by atoms with Gasteiger partial charge in [0.2, 0.25) is 21.8 Å². The third-order valence-electron chi connectivity index (χ3n) is 3.07. The number of hydrogen-bond donors (Lipinski definition) is 3. The van der Waals surface area contributed by atoms with Crippen molar-refractivity contribution in [1.29, 1.82) is 0 Å². The van der Waals surface area contributed by atoms with Gasteiger partial charge in [-0.2, -0.15) is 0 Å². The number of rotatable bonds is 9. The highest BCUT2D eigenvalue weighted by Crippen LogP contribution is 2.14. The number of benzene rings is 1. The van der Waals surface area contributed by atoms with Crippen LogP contribution in [0.1, 0.15) is 26.7 Å². The van der Waals surface area contributed by atoms with Crippen LogP contribution in [0.5, 0.6) is 0 Å². The molecule has 0 aliphatic rings. The Kier molecular flexibility index (Phi) is 8.17. The first-order valence-electron chi connectivity index (χ1n) is 7.58. The molecule has 0 radical (unpaired) electrons. The summed E-state index contributed by atoms with van der Waals surface area (Å²) in [6.45, 7) is 3.96. The number of halogens is 1. The highest BCUT2D eigenvalue weighted by molar-refractivity contribution is 7.89.